The van der Waals surface area contributed by atoms with Crippen LogP contribution in [0.4, 0.5) is 0 Å². The largest absolute Gasteiger partial charge is 0.451 e. The van der Waals surface area contributed by atoms with E-state index in [0.29, 0.717) is 16.5 Å². The number of halogens is 1. The molecule has 0 radical (unpaired) electrons. The number of carbonyl (C=O) groups excluding carboxylic acids is 1. The molecule has 1 amide bonds. The normalized spacial score (nSPS) is 16.4. The second-order valence-corrected chi connectivity index (χ2v) is 5.75. The zero-order valence-electron chi connectivity index (χ0n) is 11.1. The first-order valence-electron chi connectivity index (χ1n) is 6.71. The molecule has 1 aliphatic rings. The number of aryl methyl sites for hydroxylation is 1. The van der Waals surface area contributed by atoms with E-state index < -0.39 is 6.10 Å². The molecule has 106 valence electrons. The predicted molar refractivity (Wildman–Crippen MR) is 77.0 cm³/mol. The molecule has 0 spiro atoms. The van der Waals surface area contributed by atoms with Gasteiger partial charge in [-0.1, -0.05) is 11.6 Å². The standard InChI is InChI=1S/C15H16ClNO3/c1-8-11-6-10(16)4-5-13(11)20-14(8)15(19)17-7-12(18)9-2-3-9/h4-6,9,12,18H,2-3,7H2,1H3,(H,17,19). The first-order valence-corrected chi connectivity index (χ1v) is 7.09. The fourth-order valence-corrected chi connectivity index (χ4v) is 2.51. The summed E-state index contributed by atoms with van der Waals surface area (Å²) in [4.78, 5) is 12.1. The predicted octanol–water partition coefficient (Wildman–Crippen LogP) is 2.90. The van der Waals surface area contributed by atoms with Crippen molar-refractivity contribution in [2.24, 2.45) is 5.92 Å². The molecule has 1 aromatic carbocycles. The smallest absolute Gasteiger partial charge is 0.287 e. The van der Waals surface area contributed by atoms with Crippen LogP contribution < -0.4 is 5.32 Å². The number of rotatable bonds is 4. The lowest BCUT2D eigenvalue weighted by atomic mass is 10.1. The Hall–Kier alpha value is -1.52. The minimum Gasteiger partial charge on any atom is -0.451 e. The maximum atomic E-state index is 12.1. The van der Waals surface area contributed by atoms with Crippen LogP contribution >= 0.6 is 11.6 Å². The molecule has 1 unspecified atom stereocenters. The second-order valence-electron chi connectivity index (χ2n) is 5.31. The van der Waals surface area contributed by atoms with Gasteiger partial charge in [0.05, 0.1) is 6.10 Å². The van der Waals surface area contributed by atoms with E-state index in [1.165, 1.54) is 0 Å². The molecule has 3 rings (SSSR count). The topological polar surface area (TPSA) is 62.5 Å². The maximum Gasteiger partial charge on any atom is 0.287 e. The van der Waals surface area contributed by atoms with Crippen molar-refractivity contribution >= 4 is 28.5 Å². The lowest BCUT2D eigenvalue weighted by molar-refractivity contribution is 0.0876. The molecule has 4 nitrogen and oxygen atoms in total. The number of carbonyl (C=O) groups is 1. The summed E-state index contributed by atoms with van der Waals surface area (Å²) in [5, 5.41) is 13.9. The quantitative estimate of drug-likeness (QED) is 0.911. The van der Waals surface area contributed by atoms with Gasteiger partial charge < -0.3 is 14.8 Å². The van der Waals surface area contributed by atoms with Gasteiger partial charge >= 0.3 is 0 Å². The summed E-state index contributed by atoms with van der Waals surface area (Å²) < 4.78 is 5.57. The Kier molecular flexibility index (Phi) is 3.44. The van der Waals surface area contributed by atoms with Crippen molar-refractivity contribution in [3.8, 4) is 0 Å². The van der Waals surface area contributed by atoms with E-state index in [1.807, 2.05) is 6.92 Å². The molecule has 2 N–H and O–H groups in total. The van der Waals surface area contributed by atoms with Gasteiger partial charge in [0.2, 0.25) is 0 Å². The van der Waals surface area contributed by atoms with E-state index in [2.05, 4.69) is 5.32 Å². The SMILES string of the molecule is Cc1c(C(=O)NCC(O)C2CC2)oc2ccc(Cl)cc12. The number of aliphatic hydroxyl groups is 1. The molecule has 1 aliphatic carbocycles. The van der Waals surface area contributed by atoms with Crippen LogP contribution in [0.1, 0.15) is 29.0 Å². The molecular weight excluding hydrogens is 278 g/mol. The van der Waals surface area contributed by atoms with Crippen molar-refractivity contribution in [2.45, 2.75) is 25.9 Å². The average molecular weight is 294 g/mol. The Morgan fingerprint density at radius 2 is 2.30 bits per heavy atom. The monoisotopic (exact) mass is 293 g/mol. The number of hydrogen-bond donors (Lipinski definition) is 2. The summed E-state index contributed by atoms with van der Waals surface area (Å²) >= 11 is 5.95. The Bertz CT molecular complexity index is 660. The molecule has 20 heavy (non-hydrogen) atoms. The minimum absolute atomic E-state index is 0.265. The summed E-state index contributed by atoms with van der Waals surface area (Å²) in [6.07, 6.45) is 1.62. The number of fused-ring (bicyclic) bond motifs is 1. The van der Waals surface area contributed by atoms with Crippen molar-refractivity contribution in [1.82, 2.24) is 5.32 Å². The van der Waals surface area contributed by atoms with Crippen LogP contribution in [0.3, 0.4) is 0 Å². The molecule has 0 bridgehead atoms. The van der Waals surface area contributed by atoms with Crippen LogP contribution in [0.25, 0.3) is 11.0 Å². The fourth-order valence-electron chi connectivity index (χ4n) is 2.33. The first kappa shape index (κ1) is 13.5. The van der Waals surface area contributed by atoms with Gasteiger partial charge in [-0.15, -0.1) is 0 Å². The highest BCUT2D eigenvalue weighted by Gasteiger charge is 2.30. The summed E-state index contributed by atoms with van der Waals surface area (Å²) in [5.74, 6) is 0.325. The lowest BCUT2D eigenvalue weighted by Crippen LogP contribution is -2.33. The van der Waals surface area contributed by atoms with Crippen LogP contribution in [0.15, 0.2) is 22.6 Å². The summed E-state index contributed by atoms with van der Waals surface area (Å²) in [6.45, 7) is 2.09. The maximum absolute atomic E-state index is 12.1. The van der Waals surface area contributed by atoms with Crippen molar-refractivity contribution in [1.29, 1.82) is 0 Å². The van der Waals surface area contributed by atoms with Crippen molar-refractivity contribution < 1.29 is 14.3 Å². The lowest BCUT2D eigenvalue weighted by Gasteiger charge is -2.09. The third kappa shape index (κ3) is 2.53. The highest BCUT2D eigenvalue weighted by molar-refractivity contribution is 6.31. The number of furan rings is 1. The van der Waals surface area contributed by atoms with Gasteiger partial charge in [-0.3, -0.25) is 4.79 Å². The van der Waals surface area contributed by atoms with Gasteiger partial charge in [-0.25, -0.2) is 0 Å². The van der Waals surface area contributed by atoms with E-state index >= 15 is 0 Å². The van der Waals surface area contributed by atoms with E-state index in [1.54, 1.807) is 18.2 Å². The molecular formula is C15H16ClNO3. The van der Waals surface area contributed by atoms with Crippen LogP contribution in [0.5, 0.6) is 0 Å². The van der Waals surface area contributed by atoms with Gasteiger partial charge in [0, 0.05) is 22.5 Å². The molecule has 2 aromatic rings. The zero-order chi connectivity index (χ0) is 14.3. The van der Waals surface area contributed by atoms with Crippen LogP contribution in [-0.2, 0) is 0 Å². The third-order valence-corrected chi connectivity index (χ3v) is 3.98. The second kappa shape index (κ2) is 5.11. The number of nitrogens with one attached hydrogen (secondary N) is 1. The van der Waals surface area contributed by atoms with Gasteiger partial charge in [-0.2, -0.15) is 0 Å². The van der Waals surface area contributed by atoms with E-state index in [0.717, 1.165) is 23.8 Å². The molecule has 1 heterocycles. The van der Waals surface area contributed by atoms with Gasteiger partial charge in [0.15, 0.2) is 5.76 Å². The number of benzene rings is 1. The first-order chi connectivity index (χ1) is 9.56. The van der Waals surface area contributed by atoms with Crippen molar-refractivity contribution in [3.05, 3.63) is 34.5 Å². The number of amides is 1. The Labute approximate surface area is 121 Å². The molecule has 1 fully saturated rings. The molecule has 1 saturated carbocycles. The van der Waals surface area contributed by atoms with E-state index in [4.69, 9.17) is 16.0 Å². The summed E-state index contributed by atoms with van der Waals surface area (Å²) in [5.41, 5.74) is 1.40. The Morgan fingerprint density at radius 3 is 3.00 bits per heavy atom. The van der Waals surface area contributed by atoms with Gasteiger partial charge in [0.1, 0.15) is 5.58 Å². The highest BCUT2D eigenvalue weighted by Crippen LogP contribution is 2.32. The number of aliphatic hydroxyl groups excluding tert-OH is 1. The average Bonchev–Trinajstić information content (AvgIpc) is 3.22. The van der Waals surface area contributed by atoms with Crippen molar-refractivity contribution in [2.75, 3.05) is 6.54 Å². The van der Waals surface area contributed by atoms with Crippen LogP contribution in [0, 0.1) is 12.8 Å². The van der Waals surface area contributed by atoms with Gasteiger partial charge in [0.25, 0.3) is 5.91 Å². The zero-order valence-corrected chi connectivity index (χ0v) is 11.9. The molecule has 0 aliphatic heterocycles. The number of hydrogen-bond acceptors (Lipinski definition) is 3. The Balaban J connectivity index is 1.78. The molecule has 1 aromatic heterocycles. The minimum atomic E-state index is -0.460. The third-order valence-electron chi connectivity index (χ3n) is 3.74. The van der Waals surface area contributed by atoms with Crippen LogP contribution in [-0.4, -0.2) is 23.7 Å². The van der Waals surface area contributed by atoms with Crippen molar-refractivity contribution in [3.63, 3.8) is 0 Å². The molecule has 5 heteroatoms. The van der Waals surface area contributed by atoms with E-state index in [-0.39, 0.29) is 18.2 Å². The van der Waals surface area contributed by atoms with E-state index in [9.17, 15) is 9.90 Å². The Morgan fingerprint density at radius 1 is 1.55 bits per heavy atom. The molecule has 1 atom stereocenters. The highest BCUT2D eigenvalue weighted by atomic mass is 35.5. The van der Waals surface area contributed by atoms with Crippen LogP contribution in [0.2, 0.25) is 5.02 Å². The fraction of sp³-hybridized carbons (Fsp3) is 0.400. The summed E-state index contributed by atoms with van der Waals surface area (Å²) in [7, 11) is 0. The molecule has 0 saturated heterocycles. The summed E-state index contributed by atoms with van der Waals surface area (Å²) in [6, 6.07) is 5.26. The van der Waals surface area contributed by atoms with Gasteiger partial charge in [-0.05, 0) is 43.9 Å².